The monoisotopic (exact) mass is 289 g/mol. The molecule has 1 saturated heterocycles. The summed E-state index contributed by atoms with van der Waals surface area (Å²) in [5.74, 6) is 4.80. The van der Waals surface area contributed by atoms with Crippen LogP contribution in [0.3, 0.4) is 0 Å². The van der Waals surface area contributed by atoms with E-state index in [1.807, 2.05) is 0 Å². The van der Waals surface area contributed by atoms with Gasteiger partial charge in [0, 0.05) is 11.6 Å². The third kappa shape index (κ3) is 4.28. The number of nitrogens with one attached hydrogen (secondary N) is 1. The van der Waals surface area contributed by atoms with Crippen molar-refractivity contribution < 1.29 is 9.18 Å². The molecule has 0 aliphatic carbocycles. The highest BCUT2D eigenvalue weighted by Crippen LogP contribution is 2.13. The molecule has 112 valence electrons. The molecule has 21 heavy (non-hydrogen) atoms. The molecule has 2 rings (SSSR count). The maximum atomic E-state index is 13.4. The minimum absolute atomic E-state index is 0.132. The van der Waals surface area contributed by atoms with Gasteiger partial charge in [0.05, 0.1) is 12.1 Å². The van der Waals surface area contributed by atoms with Crippen molar-refractivity contribution in [1.82, 2.24) is 10.2 Å². The summed E-state index contributed by atoms with van der Waals surface area (Å²) in [7, 11) is 2.06. The Hall–Kier alpha value is -1.90. The SMILES string of the molecule is CN1CCC(NC(=O)c2cc(F)ccc2C#CCN)CC1. The lowest BCUT2D eigenvalue weighted by Gasteiger charge is -2.29. The molecule has 1 aromatic rings. The lowest BCUT2D eigenvalue weighted by atomic mass is 10.0. The first-order valence-corrected chi connectivity index (χ1v) is 7.08. The fourth-order valence-corrected chi connectivity index (χ4v) is 2.38. The molecule has 0 saturated carbocycles. The number of carbonyl (C=O) groups excluding carboxylic acids is 1. The van der Waals surface area contributed by atoms with Crippen molar-refractivity contribution in [2.75, 3.05) is 26.7 Å². The number of nitrogens with zero attached hydrogens (tertiary/aromatic N) is 1. The number of amides is 1. The minimum atomic E-state index is -0.443. The first kappa shape index (κ1) is 15.5. The van der Waals surface area contributed by atoms with Crippen molar-refractivity contribution >= 4 is 5.91 Å². The van der Waals surface area contributed by atoms with Gasteiger partial charge in [-0.15, -0.1) is 0 Å². The van der Waals surface area contributed by atoms with Crippen LogP contribution >= 0.6 is 0 Å². The number of benzene rings is 1. The molecule has 0 spiro atoms. The fourth-order valence-electron chi connectivity index (χ4n) is 2.38. The summed E-state index contributed by atoms with van der Waals surface area (Å²) in [6, 6.07) is 4.17. The highest BCUT2D eigenvalue weighted by Gasteiger charge is 2.20. The molecule has 0 aromatic heterocycles. The lowest BCUT2D eigenvalue weighted by molar-refractivity contribution is 0.0916. The fraction of sp³-hybridized carbons (Fsp3) is 0.438. The molecule has 1 heterocycles. The summed E-state index contributed by atoms with van der Waals surface area (Å²) in [6.45, 7) is 2.11. The number of likely N-dealkylation sites (tertiary alicyclic amines) is 1. The lowest BCUT2D eigenvalue weighted by Crippen LogP contribution is -2.43. The smallest absolute Gasteiger partial charge is 0.252 e. The highest BCUT2D eigenvalue weighted by atomic mass is 19.1. The van der Waals surface area contributed by atoms with Crippen molar-refractivity contribution in [3.05, 3.63) is 35.1 Å². The van der Waals surface area contributed by atoms with Crippen molar-refractivity contribution in [2.24, 2.45) is 5.73 Å². The third-order valence-electron chi connectivity index (χ3n) is 3.61. The molecule has 1 amide bonds. The van der Waals surface area contributed by atoms with Gasteiger partial charge in [-0.1, -0.05) is 11.8 Å². The van der Waals surface area contributed by atoms with E-state index in [0.29, 0.717) is 5.56 Å². The number of carbonyl (C=O) groups is 1. The Bertz CT molecular complexity index is 569. The average Bonchev–Trinajstić information content (AvgIpc) is 2.48. The van der Waals surface area contributed by atoms with Gasteiger partial charge in [-0.2, -0.15) is 0 Å². The first-order valence-electron chi connectivity index (χ1n) is 7.08. The number of rotatable bonds is 2. The van der Waals surface area contributed by atoms with E-state index in [-0.39, 0.29) is 24.1 Å². The molecular formula is C16H20FN3O. The van der Waals surface area contributed by atoms with E-state index >= 15 is 0 Å². The van der Waals surface area contributed by atoms with Crippen LogP contribution in [0.2, 0.25) is 0 Å². The maximum absolute atomic E-state index is 13.4. The van der Waals surface area contributed by atoms with Crippen LogP contribution in [0, 0.1) is 17.7 Å². The molecule has 1 fully saturated rings. The van der Waals surface area contributed by atoms with Crippen LogP contribution in [0.25, 0.3) is 0 Å². The van der Waals surface area contributed by atoms with E-state index in [2.05, 4.69) is 29.1 Å². The van der Waals surface area contributed by atoms with Crippen LogP contribution in [0.1, 0.15) is 28.8 Å². The van der Waals surface area contributed by atoms with Crippen LogP contribution in [-0.4, -0.2) is 43.5 Å². The quantitative estimate of drug-likeness (QED) is 0.797. The Morgan fingerprint density at radius 1 is 1.48 bits per heavy atom. The van der Waals surface area contributed by atoms with Gasteiger partial charge >= 0.3 is 0 Å². The Kier molecular flexibility index (Phi) is 5.32. The molecule has 1 aliphatic rings. The zero-order valence-electron chi connectivity index (χ0n) is 12.2. The van der Waals surface area contributed by atoms with Gasteiger partial charge in [-0.05, 0) is 51.2 Å². The Balaban J connectivity index is 2.12. The summed E-state index contributed by atoms with van der Waals surface area (Å²) in [4.78, 5) is 14.6. The summed E-state index contributed by atoms with van der Waals surface area (Å²) >= 11 is 0. The van der Waals surface area contributed by atoms with Crippen molar-refractivity contribution in [3.8, 4) is 11.8 Å². The second-order valence-corrected chi connectivity index (χ2v) is 5.25. The van der Waals surface area contributed by atoms with E-state index in [0.717, 1.165) is 25.9 Å². The standard InChI is InChI=1S/C16H20FN3O/c1-20-9-6-14(7-10-20)19-16(21)15-11-13(17)5-4-12(15)3-2-8-18/h4-5,11,14H,6-10,18H2,1H3,(H,19,21). The zero-order chi connectivity index (χ0) is 15.2. The second kappa shape index (κ2) is 7.21. The van der Waals surface area contributed by atoms with Crippen molar-refractivity contribution in [2.45, 2.75) is 18.9 Å². The van der Waals surface area contributed by atoms with Gasteiger partial charge in [0.15, 0.2) is 0 Å². The van der Waals surface area contributed by atoms with Crippen molar-refractivity contribution in [1.29, 1.82) is 0 Å². The molecule has 5 heteroatoms. The summed E-state index contributed by atoms with van der Waals surface area (Å²) in [5.41, 5.74) is 6.12. The molecule has 0 bridgehead atoms. The van der Waals surface area contributed by atoms with Gasteiger partial charge in [-0.25, -0.2) is 4.39 Å². The Morgan fingerprint density at radius 3 is 2.86 bits per heavy atom. The molecule has 4 nitrogen and oxygen atoms in total. The summed E-state index contributed by atoms with van der Waals surface area (Å²) < 4.78 is 13.4. The van der Waals surface area contributed by atoms with Crippen LogP contribution in [0.5, 0.6) is 0 Å². The van der Waals surface area contributed by atoms with E-state index in [1.165, 1.54) is 18.2 Å². The summed E-state index contributed by atoms with van der Waals surface area (Å²) in [6.07, 6.45) is 1.81. The Labute approximate surface area is 124 Å². The van der Waals surface area contributed by atoms with Gasteiger partial charge in [0.1, 0.15) is 5.82 Å². The van der Waals surface area contributed by atoms with Gasteiger partial charge in [0.25, 0.3) is 5.91 Å². The van der Waals surface area contributed by atoms with Gasteiger partial charge in [0.2, 0.25) is 0 Å². The summed E-state index contributed by atoms with van der Waals surface area (Å²) in [5, 5.41) is 2.97. The van der Waals surface area contributed by atoms with Crippen LogP contribution < -0.4 is 11.1 Å². The molecule has 0 atom stereocenters. The number of hydrogen-bond donors (Lipinski definition) is 2. The third-order valence-corrected chi connectivity index (χ3v) is 3.61. The number of hydrogen-bond acceptors (Lipinski definition) is 3. The predicted molar refractivity (Wildman–Crippen MR) is 80.3 cm³/mol. The predicted octanol–water partition coefficient (Wildman–Crippen LogP) is 0.960. The van der Waals surface area contributed by atoms with Gasteiger partial charge < -0.3 is 16.0 Å². The maximum Gasteiger partial charge on any atom is 0.252 e. The van der Waals surface area contributed by atoms with Crippen molar-refractivity contribution in [3.63, 3.8) is 0 Å². The van der Waals surface area contributed by atoms with E-state index in [9.17, 15) is 9.18 Å². The van der Waals surface area contributed by atoms with Crippen LogP contribution in [-0.2, 0) is 0 Å². The van der Waals surface area contributed by atoms with Gasteiger partial charge in [-0.3, -0.25) is 4.79 Å². The molecule has 1 aliphatic heterocycles. The topological polar surface area (TPSA) is 58.4 Å². The van der Waals surface area contributed by atoms with E-state index < -0.39 is 5.82 Å². The molecule has 0 radical (unpaired) electrons. The Morgan fingerprint density at radius 2 is 2.19 bits per heavy atom. The molecular weight excluding hydrogens is 269 g/mol. The van der Waals surface area contributed by atoms with E-state index in [4.69, 9.17) is 5.73 Å². The minimum Gasteiger partial charge on any atom is -0.349 e. The largest absolute Gasteiger partial charge is 0.349 e. The number of piperidine rings is 1. The molecule has 0 unspecified atom stereocenters. The number of nitrogens with two attached hydrogens (primary N) is 1. The van der Waals surface area contributed by atoms with Crippen LogP contribution in [0.4, 0.5) is 4.39 Å². The molecule has 1 aromatic carbocycles. The molecule has 3 N–H and O–H groups in total. The number of halogens is 1. The average molecular weight is 289 g/mol. The highest BCUT2D eigenvalue weighted by molar-refractivity contribution is 5.97. The first-order chi connectivity index (χ1) is 10.1. The van der Waals surface area contributed by atoms with Crippen LogP contribution in [0.15, 0.2) is 18.2 Å². The second-order valence-electron chi connectivity index (χ2n) is 5.25. The van der Waals surface area contributed by atoms with E-state index in [1.54, 1.807) is 0 Å². The normalized spacial score (nSPS) is 16.1. The zero-order valence-corrected chi connectivity index (χ0v) is 12.2.